The van der Waals surface area contributed by atoms with Crippen LogP contribution in [-0.4, -0.2) is 70.0 Å². The normalized spacial score (nSPS) is 13.6. The van der Waals surface area contributed by atoms with E-state index in [1.165, 1.54) is 257 Å². The second-order valence-electron chi connectivity index (χ2n) is 29.1. The van der Waals surface area contributed by atoms with Crippen molar-refractivity contribution >= 4 is 19.8 Å². The summed E-state index contributed by atoms with van der Waals surface area (Å²) in [5.74, 6) is -0.814. The average molecular weight is 1390 g/mol. The van der Waals surface area contributed by atoms with Crippen LogP contribution in [0.1, 0.15) is 386 Å². The lowest BCUT2D eigenvalue weighted by Crippen LogP contribution is -2.37. The molecular weight excluding hydrogens is 1230 g/mol. The van der Waals surface area contributed by atoms with Gasteiger partial charge in [-0.15, -0.1) is 0 Å². The van der Waals surface area contributed by atoms with Crippen molar-refractivity contribution in [3.05, 3.63) is 109 Å². The van der Waals surface area contributed by atoms with Crippen molar-refractivity contribution in [1.82, 2.24) is 0 Å². The quantitative estimate of drug-likeness (QED) is 0.0195. The molecular formula is C88H158NO8P. The number of allylic oxidation sites excluding steroid dienone is 18. The van der Waals surface area contributed by atoms with Gasteiger partial charge in [-0.3, -0.25) is 14.2 Å². The molecule has 0 aromatic heterocycles. The Morgan fingerprint density at radius 3 is 0.816 bits per heavy atom. The summed E-state index contributed by atoms with van der Waals surface area (Å²) in [7, 11) is 1.18. The molecule has 10 heteroatoms. The van der Waals surface area contributed by atoms with Gasteiger partial charge in [0, 0.05) is 12.8 Å². The summed E-state index contributed by atoms with van der Waals surface area (Å²) in [6.07, 6.45) is 111. The number of likely N-dealkylation sites (N-methyl/N-ethyl adjacent to an activating group) is 1. The molecule has 0 rings (SSSR count). The maximum Gasteiger partial charge on any atom is 0.306 e. The minimum absolute atomic E-state index is 0.0305. The van der Waals surface area contributed by atoms with Gasteiger partial charge in [-0.1, -0.05) is 386 Å². The number of esters is 2. The van der Waals surface area contributed by atoms with E-state index in [1.807, 2.05) is 21.1 Å². The Labute approximate surface area is 607 Å². The summed E-state index contributed by atoms with van der Waals surface area (Å²) in [6, 6.07) is 0. The van der Waals surface area contributed by atoms with Crippen LogP contribution < -0.4 is 4.89 Å². The summed E-state index contributed by atoms with van der Waals surface area (Å²) in [6.45, 7) is 4.07. The van der Waals surface area contributed by atoms with Gasteiger partial charge < -0.3 is 27.9 Å². The topological polar surface area (TPSA) is 111 Å². The number of hydrogen-bond donors (Lipinski definition) is 0. The SMILES string of the molecule is CC/C=C\C/C=C\C/C=C\C/C=C\C/C=C\CCCCCCCCCCCCCCCCCCCCCCCC(=O)OC(COC(=O)CCCCCCCCCCCCCCCCCCCCCCCCCC/C=C\C/C=C\C/C=C\C/C=C\CC)COP(=O)([O-])OCC[N+](C)(C)C. The van der Waals surface area contributed by atoms with Crippen molar-refractivity contribution in [3.63, 3.8) is 0 Å². The van der Waals surface area contributed by atoms with Crippen molar-refractivity contribution in [2.75, 3.05) is 47.5 Å². The van der Waals surface area contributed by atoms with Crippen LogP contribution >= 0.6 is 7.82 Å². The van der Waals surface area contributed by atoms with Gasteiger partial charge in [-0.05, 0) is 96.3 Å². The van der Waals surface area contributed by atoms with Gasteiger partial charge in [0.25, 0.3) is 7.82 Å². The number of phosphoric acid groups is 1. The van der Waals surface area contributed by atoms with Crippen LogP contribution in [0.3, 0.4) is 0 Å². The highest BCUT2D eigenvalue weighted by atomic mass is 31.2. The van der Waals surface area contributed by atoms with Crippen LogP contribution in [-0.2, 0) is 32.7 Å². The molecule has 0 saturated carbocycles. The Morgan fingerprint density at radius 1 is 0.316 bits per heavy atom. The molecule has 2 unspecified atom stereocenters. The Bertz CT molecular complexity index is 2030. The van der Waals surface area contributed by atoms with Crippen LogP contribution in [0.25, 0.3) is 0 Å². The van der Waals surface area contributed by atoms with Crippen molar-refractivity contribution in [2.24, 2.45) is 0 Å². The summed E-state index contributed by atoms with van der Waals surface area (Å²) in [5, 5.41) is 0. The molecule has 0 amide bonds. The van der Waals surface area contributed by atoms with E-state index in [2.05, 4.69) is 123 Å². The molecule has 0 N–H and O–H groups in total. The van der Waals surface area contributed by atoms with E-state index >= 15 is 0 Å². The zero-order valence-electron chi connectivity index (χ0n) is 65.0. The second-order valence-corrected chi connectivity index (χ2v) is 30.5. The van der Waals surface area contributed by atoms with Gasteiger partial charge in [0.2, 0.25) is 0 Å². The molecule has 0 spiro atoms. The molecule has 0 heterocycles. The van der Waals surface area contributed by atoms with Gasteiger partial charge in [0.15, 0.2) is 6.10 Å². The maximum atomic E-state index is 12.9. The van der Waals surface area contributed by atoms with E-state index < -0.39 is 26.5 Å². The fourth-order valence-corrected chi connectivity index (χ4v) is 12.8. The van der Waals surface area contributed by atoms with Crippen molar-refractivity contribution in [3.8, 4) is 0 Å². The van der Waals surface area contributed by atoms with Crippen molar-refractivity contribution in [2.45, 2.75) is 392 Å². The number of carbonyl (C=O) groups excluding carboxylic acids is 2. The van der Waals surface area contributed by atoms with Gasteiger partial charge in [-0.2, -0.15) is 0 Å². The van der Waals surface area contributed by atoms with E-state index in [-0.39, 0.29) is 32.0 Å². The average Bonchev–Trinajstić information content (AvgIpc) is 1.08. The first-order valence-electron chi connectivity index (χ1n) is 41.6. The third kappa shape index (κ3) is 81.6. The molecule has 0 fully saturated rings. The molecule has 0 aliphatic carbocycles. The van der Waals surface area contributed by atoms with Crippen LogP contribution in [0.4, 0.5) is 0 Å². The first-order valence-corrected chi connectivity index (χ1v) is 43.1. The molecule has 568 valence electrons. The van der Waals surface area contributed by atoms with E-state index in [0.29, 0.717) is 17.4 Å². The molecule has 0 aromatic carbocycles. The Hall–Kier alpha value is -3.33. The minimum atomic E-state index is -4.65. The fraction of sp³-hybridized carbons (Fsp3) is 0.773. The van der Waals surface area contributed by atoms with Gasteiger partial charge >= 0.3 is 11.9 Å². The summed E-state index contributed by atoms with van der Waals surface area (Å²) in [5.41, 5.74) is 0. The summed E-state index contributed by atoms with van der Waals surface area (Å²) in [4.78, 5) is 38.2. The lowest BCUT2D eigenvalue weighted by molar-refractivity contribution is -0.870. The Balaban J connectivity index is 3.90. The van der Waals surface area contributed by atoms with Crippen molar-refractivity contribution in [1.29, 1.82) is 0 Å². The highest BCUT2D eigenvalue weighted by Gasteiger charge is 2.22. The summed E-state index contributed by atoms with van der Waals surface area (Å²) < 4.78 is 34.5. The van der Waals surface area contributed by atoms with E-state index in [1.54, 1.807) is 0 Å². The Kier molecular flexibility index (Phi) is 75.2. The maximum absolute atomic E-state index is 12.9. The molecule has 0 saturated heterocycles. The van der Waals surface area contributed by atoms with Gasteiger partial charge in [0.05, 0.1) is 27.7 Å². The molecule has 0 aliphatic rings. The standard InChI is InChI=1S/C88H158NO8P/c1-6-8-10-12-14-16-18-20-22-24-26-28-30-32-34-36-38-40-42-44-46-48-50-52-54-56-58-60-62-64-66-68-70-72-74-76-78-80-87(90)94-84-86(85-96-98(92,93)95-83-82-89(3,4)5)97-88(91)81-79-77-75-73-71-69-67-65-63-61-59-57-55-53-51-49-47-45-43-41-39-37-35-33-31-29-27-25-23-21-19-17-15-13-11-9-7-2/h8-11,14-17,20-23,26-29,33,35,86H,6-7,12-13,18-19,24-25,30-32,34,36-85H2,1-5H3/b10-8-,11-9-,16-14-,17-15-,22-20-,23-21-,28-26-,29-27-,35-33-. The van der Waals surface area contributed by atoms with E-state index in [4.69, 9.17) is 18.5 Å². The third-order valence-corrected chi connectivity index (χ3v) is 19.3. The smallest absolute Gasteiger partial charge is 0.306 e. The van der Waals surface area contributed by atoms with Crippen molar-refractivity contribution < 1.29 is 42.1 Å². The largest absolute Gasteiger partial charge is 0.756 e. The predicted molar refractivity (Wildman–Crippen MR) is 425 cm³/mol. The first-order chi connectivity index (χ1) is 48.0. The van der Waals surface area contributed by atoms with Crippen LogP contribution in [0.2, 0.25) is 0 Å². The van der Waals surface area contributed by atoms with E-state index in [0.717, 1.165) is 96.3 Å². The minimum Gasteiger partial charge on any atom is -0.756 e. The molecule has 0 aromatic rings. The number of unbranched alkanes of at least 4 members (excludes halogenated alkanes) is 45. The summed E-state index contributed by atoms with van der Waals surface area (Å²) >= 11 is 0. The number of nitrogens with zero attached hydrogens (tertiary/aromatic N) is 1. The van der Waals surface area contributed by atoms with Crippen LogP contribution in [0.15, 0.2) is 109 Å². The molecule has 9 nitrogen and oxygen atoms in total. The molecule has 0 bridgehead atoms. The second kappa shape index (κ2) is 77.8. The highest BCUT2D eigenvalue weighted by molar-refractivity contribution is 7.45. The molecule has 2 atom stereocenters. The van der Waals surface area contributed by atoms with Crippen LogP contribution in [0, 0.1) is 0 Å². The van der Waals surface area contributed by atoms with E-state index in [9.17, 15) is 19.0 Å². The Morgan fingerprint density at radius 2 is 0.551 bits per heavy atom. The third-order valence-electron chi connectivity index (χ3n) is 18.3. The van der Waals surface area contributed by atoms with Crippen LogP contribution in [0.5, 0.6) is 0 Å². The number of rotatable bonds is 77. The monoisotopic (exact) mass is 1390 g/mol. The molecule has 0 radical (unpaired) electrons. The number of ether oxygens (including phenoxy) is 2. The van der Waals surface area contributed by atoms with Gasteiger partial charge in [0.1, 0.15) is 19.8 Å². The number of phosphoric ester groups is 1. The van der Waals surface area contributed by atoms with Gasteiger partial charge in [-0.25, -0.2) is 0 Å². The first kappa shape index (κ1) is 94.7. The lowest BCUT2D eigenvalue weighted by atomic mass is 10.0. The number of quaternary nitrogens is 1. The zero-order chi connectivity index (χ0) is 71.1. The predicted octanol–water partition coefficient (Wildman–Crippen LogP) is 27.3. The molecule has 0 aliphatic heterocycles. The fourth-order valence-electron chi connectivity index (χ4n) is 12.0. The highest BCUT2D eigenvalue weighted by Crippen LogP contribution is 2.38. The number of carbonyl (C=O) groups is 2. The number of hydrogen-bond acceptors (Lipinski definition) is 8. The zero-order valence-corrected chi connectivity index (χ0v) is 65.9. The molecule has 98 heavy (non-hydrogen) atoms. The lowest BCUT2D eigenvalue weighted by Gasteiger charge is -2.28.